The summed E-state index contributed by atoms with van der Waals surface area (Å²) in [5, 5.41) is 9.45. The Hall–Kier alpha value is -1.44. The summed E-state index contributed by atoms with van der Waals surface area (Å²) >= 11 is 4.30. The fraction of sp³-hybridized carbons (Fsp3) is 0.812. The molecule has 1 N–H and O–H groups in total. The second-order valence-corrected chi connectivity index (χ2v) is 8.83. The zero-order valence-electron chi connectivity index (χ0n) is 15.2. The molecule has 1 aliphatic rings. The summed E-state index contributed by atoms with van der Waals surface area (Å²) in [6.45, 7) is 8.97. The number of ether oxygens (including phenoxy) is 1. The molecule has 1 saturated heterocycles. The van der Waals surface area contributed by atoms with Crippen molar-refractivity contribution in [1.82, 2.24) is 9.80 Å². The number of aliphatic carboxylic acids is 1. The highest BCUT2D eigenvalue weighted by molar-refractivity contribution is 7.81. The van der Waals surface area contributed by atoms with Gasteiger partial charge in [-0.15, -0.1) is 0 Å². The summed E-state index contributed by atoms with van der Waals surface area (Å²) in [4.78, 5) is 39.2. The predicted octanol–water partition coefficient (Wildman–Crippen LogP) is 2.01. The highest BCUT2D eigenvalue weighted by Gasteiger charge is 2.44. The van der Waals surface area contributed by atoms with E-state index < -0.39 is 40.4 Å². The van der Waals surface area contributed by atoms with E-state index in [0.717, 1.165) is 0 Å². The number of amides is 2. The summed E-state index contributed by atoms with van der Waals surface area (Å²) in [6, 6.07) is -1.81. The maximum absolute atomic E-state index is 12.8. The molecule has 0 spiro atoms. The molecule has 0 bridgehead atoms. The van der Waals surface area contributed by atoms with Gasteiger partial charge in [-0.1, -0.05) is 0 Å². The van der Waals surface area contributed by atoms with Crippen LogP contribution in [0.2, 0.25) is 0 Å². The molecule has 24 heavy (non-hydrogen) atoms. The summed E-state index contributed by atoms with van der Waals surface area (Å²) in [6.07, 6.45) is 0.608. The SMILES string of the molecule is CN(C(=O)[C@@H]1CCCN1C(=O)OC(C)(C)C)[C@H](C(=O)O)C(C)(C)S. The monoisotopic (exact) mass is 360 g/mol. The van der Waals surface area contributed by atoms with Crippen LogP contribution in [0.25, 0.3) is 0 Å². The summed E-state index contributed by atoms with van der Waals surface area (Å²) in [5.74, 6) is -1.54. The number of carboxylic acids is 1. The third kappa shape index (κ3) is 5.03. The van der Waals surface area contributed by atoms with Gasteiger partial charge in [0, 0.05) is 18.3 Å². The number of rotatable bonds is 4. The number of hydrogen-bond donors (Lipinski definition) is 2. The van der Waals surface area contributed by atoms with Gasteiger partial charge in [-0.25, -0.2) is 9.59 Å². The van der Waals surface area contributed by atoms with E-state index in [1.807, 2.05) is 0 Å². The minimum atomic E-state index is -1.13. The van der Waals surface area contributed by atoms with Crippen LogP contribution in [0.4, 0.5) is 4.79 Å². The number of carbonyl (C=O) groups is 3. The normalized spacial score (nSPS) is 19.8. The zero-order valence-corrected chi connectivity index (χ0v) is 16.1. The van der Waals surface area contributed by atoms with Crippen LogP contribution in [-0.2, 0) is 14.3 Å². The van der Waals surface area contributed by atoms with Gasteiger partial charge in [0.05, 0.1) is 0 Å². The quantitative estimate of drug-likeness (QED) is 0.749. The highest BCUT2D eigenvalue weighted by atomic mass is 32.1. The fourth-order valence-corrected chi connectivity index (χ4v) is 3.15. The maximum Gasteiger partial charge on any atom is 0.410 e. The Morgan fingerprint density at radius 2 is 1.79 bits per heavy atom. The number of hydrogen-bond acceptors (Lipinski definition) is 5. The average Bonchev–Trinajstić information content (AvgIpc) is 2.82. The first-order valence-electron chi connectivity index (χ1n) is 7.97. The van der Waals surface area contributed by atoms with Gasteiger partial charge in [-0.3, -0.25) is 9.69 Å². The van der Waals surface area contributed by atoms with Gasteiger partial charge < -0.3 is 14.7 Å². The molecule has 0 unspecified atom stereocenters. The van der Waals surface area contributed by atoms with Crippen LogP contribution in [0.15, 0.2) is 0 Å². The first-order chi connectivity index (χ1) is 10.8. The number of thiol groups is 1. The van der Waals surface area contributed by atoms with Crippen molar-refractivity contribution in [3.8, 4) is 0 Å². The van der Waals surface area contributed by atoms with Crippen molar-refractivity contribution < 1.29 is 24.2 Å². The molecular formula is C16H28N2O5S. The number of carboxylic acid groups (broad SMARTS) is 1. The van der Waals surface area contributed by atoms with Crippen LogP contribution in [0.3, 0.4) is 0 Å². The van der Waals surface area contributed by atoms with Crippen LogP contribution in [0.1, 0.15) is 47.5 Å². The smallest absolute Gasteiger partial charge is 0.410 e. The second-order valence-electron chi connectivity index (χ2n) is 7.68. The highest BCUT2D eigenvalue weighted by Crippen LogP contribution is 2.27. The molecule has 0 aliphatic carbocycles. The van der Waals surface area contributed by atoms with E-state index in [1.165, 1.54) is 16.8 Å². The fourth-order valence-electron chi connectivity index (χ4n) is 2.87. The Balaban J connectivity index is 2.96. The average molecular weight is 360 g/mol. The topological polar surface area (TPSA) is 87.2 Å². The van der Waals surface area contributed by atoms with Gasteiger partial charge in [-0.05, 0) is 47.5 Å². The third-order valence-corrected chi connectivity index (χ3v) is 4.05. The molecule has 2 atom stereocenters. The number of likely N-dealkylation sites (tertiary alicyclic amines) is 1. The molecule has 1 rings (SSSR count). The molecule has 7 nitrogen and oxygen atoms in total. The molecule has 0 aromatic rings. The van der Waals surface area contributed by atoms with E-state index in [1.54, 1.807) is 34.6 Å². The molecule has 0 aromatic carbocycles. The van der Waals surface area contributed by atoms with Crippen molar-refractivity contribution in [3.63, 3.8) is 0 Å². The van der Waals surface area contributed by atoms with Crippen molar-refractivity contribution >= 4 is 30.6 Å². The van der Waals surface area contributed by atoms with E-state index in [9.17, 15) is 19.5 Å². The Labute approximate surface area is 148 Å². The molecule has 1 aliphatic heterocycles. The summed E-state index contributed by atoms with van der Waals surface area (Å²) in [7, 11) is 1.44. The van der Waals surface area contributed by atoms with Crippen molar-refractivity contribution in [2.24, 2.45) is 0 Å². The minimum Gasteiger partial charge on any atom is -0.480 e. The van der Waals surface area contributed by atoms with Crippen LogP contribution in [0, 0.1) is 0 Å². The van der Waals surface area contributed by atoms with E-state index >= 15 is 0 Å². The lowest BCUT2D eigenvalue weighted by molar-refractivity contribution is -0.151. The first kappa shape index (κ1) is 20.6. The van der Waals surface area contributed by atoms with Crippen molar-refractivity contribution in [1.29, 1.82) is 0 Å². The zero-order chi connectivity index (χ0) is 18.9. The van der Waals surface area contributed by atoms with Gasteiger partial charge in [0.2, 0.25) is 5.91 Å². The number of likely N-dealkylation sites (N-methyl/N-ethyl adjacent to an activating group) is 1. The number of carbonyl (C=O) groups excluding carboxylic acids is 2. The Kier molecular flexibility index (Phi) is 6.19. The summed E-state index contributed by atoms with van der Waals surface area (Å²) < 4.78 is 4.42. The number of nitrogens with zero attached hydrogens (tertiary/aromatic N) is 2. The summed E-state index contributed by atoms with van der Waals surface area (Å²) in [5.41, 5.74) is -0.657. The van der Waals surface area contributed by atoms with Gasteiger partial charge >= 0.3 is 12.1 Å². The van der Waals surface area contributed by atoms with E-state index in [4.69, 9.17) is 4.74 Å². The largest absolute Gasteiger partial charge is 0.480 e. The van der Waals surface area contributed by atoms with Crippen LogP contribution in [0.5, 0.6) is 0 Å². The lowest BCUT2D eigenvalue weighted by atomic mass is 10.0. The molecule has 0 saturated carbocycles. The third-order valence-electron chi connectivity index (χ3n) is 3.80. The standard InChI is InChI=1S/C16H28N2O5S/c1-15(2,3)23-14(22)18-9-7-8-10(18)12(19)17(6)11(13(20)21)16(4,5)24/h10-11,24H,7-9H2,1-6H3,(H,20,21)/t10-,11+/m0/s1. The molecular weight excluding hydrogens is 332 g/mol. The maximum atomic E-state index is 12.8. The lowest BCUT2D eigenvalue weighted by Gasteiger charge is -2.37. The minimum absolute atomic E-state index is 0.409. The first-order valence-corrected chi connectivity index (χ1v) is 8.42. The van der Waals surface area contributed by atoms with E-state index in [2.05, 4.69) is 12.6 Å². The molecule has 138 valence electrons. The molecule has 2 amide bonds. The Morgan fingerprint density at radius 1 is 1.25 bits per heavy atom. The molecule has 1 fully saturated rings. The van der Waals surface area contributed by atoms with Crippen LogP contribution in [-0.4, -0.2) is 68.9 Å². The van der Waals surface area contributed by atoms with Crippen molar-refractivity contribution in [3.05, 3.63) is 0 Å². The van der Waals surface area contributed by atoms with Gasteiger partial charge in [-0.2, -0.15) is 12.6 Å². The van der Waals surface area contributed by atoms with Gasteiger partial charge in [0.15, 0.2) is 0 Å². The van der Waals surface area contributed by atoms with Crippen LogP contribution >= 0.6 is 12.6 Å². The van der Waals surface area contributed by atoms with Crippen LogP contribution < -0.4 is 0 Å². The molecule has 8 heteroatoms. The second kappa shape index (κ2) is 7.21. The predicted molar refractivity (Wildman–Crippen MR) is 93.2 cm³/mol. The molecule has 0 aromatic heterocycles. The lowest BCUT2D eigenvalue weighted by Crippen LogP contribution is -2.57. The van der Waals surface area contributed by atoms with Crippen molar-refractivity contribution in [2.45, 2.75) is 69.9 Å². The van der Waals surface area contributed by atoms with Gasteiger partial charge in [0.25, 0.3) is 0 Å². The van der Waals surface area contributed by atoms with E-state index in [-0.39, 0.29) is 0 Å². The Bertz CT molecular complexity index is 510. The van der Waals surface area contributed by atoms with E-state index in [0.29, 0.717) is 19.4 Å². The van der Waals surface area contributed by atoms with Gasteiger partial charge in [0.1, 0.15) is 17.7 Å². The van der Waals surface area contributed by atoms with Crippen molar-refractivity contribution in [2.75, 3.05) is 13.6 Å². The molecule has 0 radical (unpaired) electrons. The molecule has 1 heterocycles. The Morgan fingerprint density at radius 3 is 2.21 bits per heavy atom.